The van der Waals surface area contributed by atoms with Gasteiger partial charge in [-0.25, -0.2) is 14.5 Å². The molecule has 59 heavy (non-hydrogen) atoms. The lowest BCUT2D eigenvalue weighted by Crippen LogP contribution is -2.39. The molecule has 0 fully saturated rings. The summed E-state index contributed by atoms with van der Waals surface area (Å²) in [5.41, 5.74) is 5.43. The Morgan fingerprint density at radius 3 is 1.80 bits per heavy atom. The van der Waals surface area contributed by atoms with Crippen LogP contribution in [0.4, 0.5) is 0 Å². The molecule has 7 rings (SSSR count). The van der Waals surface area contributed by atoms with Crippen LogP contribution in [0.5, 0.6) is 0 Å². The van der Waals surface area contributed by atoms with Crippen LogP contribution in [0.3, 0.4) is 0 Å². The van der Waals surface area contributed by atoms with E-state index >= 15 is 0 Å². The van der Waals surface area contributed by atoms with Crippen LogP contribution < -0.4 is 0 Å². The fraction of sp³-hybridized carbons (Fsp3) is 0.250. The minimum atomic E-state index is -0.912. The third-order valence-corrected chi connectivity index (χ3v) is 10.3. The van der Waals surface area contributed by atoms with E-state index in [0.29, 0.717) is 23.8 Å². The molecule has 11 heteroatoms. The van der Waals surface area contributed by atoms with Gasteiger partial charge in [0.05, 0.1) is 11.1 Å². The number of carbonyl (C=O) groups excluding carboxylic acids is 2. The zero-order valence-electron chi connectivity index (χ0n) is 33.8. The van der Waals surface area contributed by atoms with Gasteiger partial charge in [-0.3, -0.25) is 9.36 Å². The van der Waals surface area contributed by atoms with Crippen molar-refractivity contribution in [2.45, 2.75) is 65.8 Å². The summed E-state index contributed by atoms with van der Waals surface area (Å²) in [6.07, 6.45) is 1.46. The summed E-state index contributed by atoms with van der Waals surface area (Å²) >= 11 is 0. The van der Waals surface area contributed by atoms with Crippen molar-refractivity contribution in [3.05, 3.63) is 179 Å². The lowest BCUT2D eigenvalue weighted by atomic mass is 9.77. The molecule has 0 radical (unpaired) electrons. The van der Waals surface area contributed by atoms with E-state index in [1.165, 1.54) is 0 Å². The maximum absolute atomic E-state index is 13.6. The highest BCUT2D eigenvalue weighted by molar-refractivity contribution is 5.89. The van der Waals surface area contributed by atoms with Crippen LogP contribution in [0.25, 0.3) is 22.5 Å². The third kappa shape index (κ3) is 8.33. The second kappa shape index (κ2) is 17.8. The lowest BCUT2D eigenvalue weighted by molar-refractivity contribution is -0.157. The summed E-state index contributed by atoms with van der Waals surface area (Å²) in [4.78, 5) is 30.7. The Morgan fingerprint density at radius 2 is 1.25 bits per heavy atom. The Hall–Kier alpha value is -6.72. The Balaban J connectivity index is 1.19. The summed E-state index contributed by atoms with van der Waals surface area (Å²) < 4.78 is 15.0. The van der Waals surface area contributed by atoms with Crippen molar-refractivity contribution < 1.29 is 24.2 Å². The second-order valence-electron chi connectivity index (χ2n) is 15.3. The van der Waals surface area contributed by atoms with E-state index < -0.39 is 16.9 Å². The summed E-state index contributed by atoms with van der Waals surface area (Å²) in [7, 11) is 0. The third-order valence-electron chi connectivity index (χ3n) is 10.3. The van der Waals surface area contributed by atoms with E-state index in [1.807, 2.05) is 115 Å². The van der Waals surface area contributed by atoms with Gasteiger partial charge >= 0.3 is 11.9 Å². The Bertz CT molecular complexity index is 2390. The first-order valence-electron chi connectivity index (χ1n) is 19.8. The number of ether oxygens (including phenoxy) is 2. The molecule has 0 aliphatic carbocycles. The van der Waals surface area contributed by atoms with Crippen molar-refractivity contribution in [3.63, 3.8) is 0 Å². The van der Waals surface area contributed by atoms with Crippen LogP contribution in [0.1, 0.15) is 78.4 Å². The van der Waals surface area contributed by atoms with Gasteiger partial charge in [0.2, 0.25) is 0 Å². The van der Waals surface area contributed by atoms with Crippen LogP contribution >= 0.6 is 0 Å². The molecule has 300 valence electrons. The molecule has 0 saturated carbocycles. The number of rotatable bonds is 15. The quantitative estimate of drug-likeness (QED) is 0.0803. The topological polar surface area (TPSA) is 134 Å². The predicted octanol–water partition coefficient (Wildman–Crippen LogP) is 8.43. The van der Waals surface area contributed by atoms with Crippen molar-refractivity contribution in [1.29, 1.82) is 0 Å². The van der Waals surface area contributed by atoms with Gasteiger partial charge in [-0.1, -0.05) is 146 Å². The predicted molar refractivity (Wildman–Crippen MR) is 225 cm³/mol. The molecule has 0 aliphatic rings. The first kappa shape index (κ1) is 40.5. The van der Waals surface area contributed by atoms with Crippen LogP contribution in [0, 0.1) is 5.41 Å². The first-order chi connectivity index (χ1) is 28.7. The van der Waals surface area contributed by atoms with Crippen molar-refractivity contribution in [2.75, 3.05) is 6.61 Å². The monoisotopic (exact) mass is 788 g/mol. The average molecular weight is 789 g/mol. The molecule has 0 spiro atoms. The highest BCUT2D eigenvalue weighted by Crippen LogP contribution is 2.43. The SMILES string of the molecule is CCCc1nc(C(=O)OCc2ccc(-c3ccccc3-c3nnnn3C(c3ccccc3)(c3ccccc3)c3ccccc3)cc2)c(CCO)n1COC(=O)C(C)(C)C. The largest absolute Gasteiger partial charge is 0.456 e. The van der Waals surface area contributed by atoms with E-state index in [1.54, 1.807) is 25.3 Å². The molecule has 0 unspecified atom stereocenters. The number of esters is 2. The first-order valence-corrected chi connectivity index (χ1v) is 19.8. The molecule has 0 aliphatic heterocycles. The van der Waals surface area contributed by atoms with Crippen LogP contribution in [-0.4, -0.2) is 53.4 Å². The standard InChI is InChI=1S/C48H48N6O5/c1-5-17-42-49-43(41(30-31-55)53(42)33-59-46(57)47(2,3)4)45(56)58-32-34-26-28-35(29-27-34)39-24-15-16-25-40(39)44-50-51-52-54(44)48(36-18-9-6-10-19-36,37-20-11-7-12-21-37)38-22-13-8-14-23-38/h6-16,18-29,55H,5,17,30-33H2,1-4H3. The van der Waals surface area contributed by atoms with Crippen molar-refractivity contribution in [2.24, 2.45) is 5.41 Å². The number of hydrogen-bond donors (Lipinski definition) is 1. The van der Waals surface area contributed by atoms with E-state index in [0.717, 1.165) is 45.4 Å². The van der Waals surface area contributed by atoms with Crippen molar-refractivity contribution >= 4 is 11.9 Å². The maximum Gasteiger partial charge on any atom is 0.359 e. The molecule has 5 aromatic carbocycles. The van der Waals surface area contributed by atoms with Gasteiger partial charge in [0.1, 0.15) is 18.0 Å². The van der Waals surface area contributed by atoms with E-state index in [-0.39, 0.29) is 38.0 Å². The molecule has 7 aromatic rings. The number of carbonyl (C=O) groups is 2. The Labute approximate surface area is 344 Å². The number of aromatic nitrogens is 6. The number of aliphatic hydroxyl groups is 1. The molecule has 2 aromatic heterocycles. The van der Waals surface area contributed by atoms with Gasteiger partial charge in [0.15, 0.2) is 18.2 Å². The number of tetrazole rings is 1. The molecular formula is C48H48N6O5. The van der Waals surface area contributed by atoms with E-state index in [9.17, 15) is 14.7 Å². The molecule has 0 atom stereocenters. The number of imidazole rings is 1. The Kier molecular flexibility index (Phi) is 12.2. The minimum absolute atomic E-state index is 0.000297. The number of benzene rings is 5. The normalized spacial score (nSPS) is 11.7. The zero-order valence-corrected chi connectivity index (χ0v) is 33.8. The van der Waals surface area contributed by atoms with Gasteiger partial charge < -0.3 is 14.6 Å². The zero-order chi connectivity index (χ0) is 41.4. The van der Waals surface area contributed by atoms with Crippen LogP contribution in [-0.2, 0) is 46.0 Å². The molecule has 0 bridgehead atoms. The molecule has 0 saturated heterocycles. The summed E-state index contributed by atoms with van der Waals surface area (Å²) in [5, 5.41) is 23.6. The van der Waals surface area contributed by atoms with Crippen LogP contribution in [0.2, 0.25) is 0 Å². The van der Waals surface area contributed by atoms with Crippen molar-refractivity contribution in [3.8, 4) is 22.5 Å². The van der Waals surface area contributed by atoms with E-state index in [4.69, 9.17) is 14.7 Å². The molecule has 11 nitrogen and oxygen atoms in total. The van der Waals surface area contributed by atoms with Gasteiger partial charge in [-0.05, 0) is 71.0 Å². The summed E-state index contributed by atoms with van der Waals surface area (Å²) in [5.74, 6) is 0.180. The lowest BCUT2D eigenvalue weighted by Gasteiger charge is -2.36. The fourth-order valence-electron chi connectivity index (χ4n) is 7.38. The molecule has 2 heterocycles. The van der Waals surface area contributed by atoms with E-state index in [2.05, 4.69) is 51.7 Å². The number of aliphatic hydroxyl groups excluding tert-OH is 1. The fourth-order valence-corrected chi connectivity index (χ4v) is 7.38. The van der Waals surface area contributed by atoms with Gasteiger partial charge in [0, 0.05) is 25.0 Å². The molecule has 0 amide bonds. The summed E-state index contributed by atoms with van der Waals surface area (Å²) in [6, 6.07) is 46.7. The molecular weight excluding hydrogens is 741 g/mol. The van der Waals surface area contributed by atoms with Gasteiger partial charge in [-0.15, -0.1) is 5.10 Å². The van der Waals surface area contributed by atoms with Crippen LogP contribution in [0.15, 0.2) is 140 Å². The highest BCUT2D eigenvalue weighted by atomic mass is 16.5. The van der Waals surface area contributed by atoms with Gasteiger partial charge in [0.25, 0.3) is 0 Å². The average Bonchev–Trinajstić information content (AvgIpc) is 3.89. The smallest absolute Gasteiger partial charge is 0.359 e. The highest BCUT2D eigenvalue weighted by Gasteiger charge is 2.42. The Morgan fingerprint density at radius 1 is 0.695 bits per heavy atom. The molecule has 1 N–H and O–H groups in total. The number of hydrogen-bond acceptors (Lipinski definition) is 9. The summed E-state index contributed by atoms with van der Waals surface area (Å²) in [6.45, 7) is 7.01. The number of nitrogens with zero attached hydrogens (tertiary/aromatic N) is 6. The minimum Gasteiger partial charge on any atom is -0.456 e. The number of aryl methyl sites for hydroxylation is 1. The van der Waals surface area contributed by atoms with Crippen molar-refractivity contribution in [1.82, 2.24) is 29.8 Å². The second-order valence-corrected chi connectivity index (χ2v) is 15.3. The maximum atomic E-state index is 13.6. The van der Waals surface area contributed by atoms with Gasteiger partial charge in [-0.2, -0.15) is 0 Å².